The van der Waals surface area contributed by atoms with Crippen molar-refractivity contribution in [2.45, 2.75) is 11.3 Å². The summed E-state index contributed by atoms with van der Waals surface area (Å²) < 4.78 is 39.2. The van der Waals surface area contributed by atoms with E-state index in [1.54, 1.807) is 24.6 Å². The highest BCUT2D eigenvalue weighted by atomic mass is 32.2. The zero-order valence-electron chi connectivity index (χ0n) is 7.75. The fourth-order valence-electron chi connectivity index (χ4n) is 1.36. The average molecular weight is 232 g/mol. The van der Waals surface area contributed by atoms with Crippen molar-refractivity contribution < 1.29 is 13.2 Å². The minimum Gasteiger partial charge on any atom is -0.294 e. The lowest BCUT2D eigenvalue weighted by Gasteiger charge is -2.01. The molecule has 6 heteroatoms. The van der Waals surface area contributed by atoms with Crippen LogP contribution in [0.25, 0.3) is 5.52 Å². The monoisotopic (exact) mass is 232 g/mol. The van der Waals surface area contributed by atoms with Gasteiger partial charge < -0.3 is 0 Å². The highest BCUT2D eigenvalue weighted by Crippen LogP contribution is 2.33. The summed E-state index contributed by atoms with van der Waals surface area (Å²) in [4.78, 5) is 3.58. The van der Waals surface area contributed by atoms with Crippen LogP contribution in [0.15, 0.2) is 29.6 Å². The van der Waals surface area contributed by atoms with Gasteiger partial charge in [-0.2, -0.15) is 13.2 Å². The van der Waals surface area contributed by atoms with Crippen molar-refractivity contribution in [2.75, 3.05) is 6.26 Å². The third-order valence-electron chi connectivity index (χ3n) is 1.97. The molecule has 0 saturated heterocycles. The van der Waals surface area contributed by atoms with Crippen LogP contribution < -0.4 is 0 Å². The number of nitrogens with zero attached hydrogens (tertiary/aromatic N) is 2. The van der Waals surface area contributed by atoms with Gasteiger partial charge in [-0.1, -0.05) is 17.8 Å². The second-order valence-electron chi connectivity index (χ2n) is 2.90. The van der Waals surface area contributed by atoms with Crippen molar-refractivity contribution in [2.24, 2.45) is 0 Å². The van der Waals surface area contributed by atoms with E-state index in [1.165, 1.54) is 22.2 Å². The van der Waals surface area contributed by atoms with Crippen molar-refractivity contribution in [1.82, 2.24) is 9.38 Å². The molecule has 0 bridgehead atoms. The highest BCUT2D eigenvalue weighted by molar-refractivity contribution is 7.98. The molecule has 0 amide bonds. The van der Waals surface area contributed by atoms with E-state index >= 15 is 0 Å². The highest BCUT2D eigenvalue weighted by Gasteiger charge is 2.36. The minimum atomic E-state index is -4.40. The first-order valence-electron chi connectivity index (χ1n) is 4.12. The molecule has 0 aliphatic carbocycles. The van der Waals surface area contributed by atoms with Gasteiger partial charge in [0, 0.05) is 6.20 Å². The van der Waals surface area contributed by atoms with Crippen LogP contribution in [0.2, 0.25) is 0 Å². The molecule has 15 heavy (non-hydrogen) atoms. The number of hydrogen-bond donors (Lipinski definition) is 0. The first-order valence-corrected chi connectivity index (χ1v) is 5.35. The van der Waals surface area contributed by atoms with Gasteiger partial charge in [0.2, 0.25) is 0 Å². The van der Waals surface area contributed by atoms with Crippen LogP contribution in [-0.4, -0.2) is 15.6 Å². The van der Waals surface area contributed by atoms with Crippen molar-refractivity contribution in [3.05, 3.63) is 30.1 Å². The molecule has 0 unspecified atom stereocenters. The topological polar surface area (TPSA) is 17.3 Å². The van der Waals surface area contributed by atoms with Crippen LogP contribution in [-0.2, 0) is 6.18 Å². The van der Waals surface area contributed by atoms with Gasteiger partial charge >= 0.3 is 6.18 Å². The third-order valence-corrected chi connectivity index (χ3v) is 2.62. The van der Waals surface area contributed by atoms with Crippen LogP contribution in [0.1, 0.15) is 5.69 Å². The Kier molecular flexibility index (Phi) is 2.38. The smallest absolute Gasteiger partial charge is 0.294 e. The molecule has 0 N–H and O–H groups in total. The van der Waals surface area contributed by atoms with Crippen LogP contribution >= 0.6 is 11.8 Å². The van der Waals surface area contributed by atoms with Gasteiger partial charge in [-0.05, 0) is 18.4 Å². The Balaban J connectivity index is 2.76. The number of halogens is 3. The Hall–Kier alpha value is -1.17. The van der Waals surface area contributed by atoms with Crippen LogP contribution in [0.3, 0.4) is 0 Å². The van der Waals surface area contributed by atoms with E-state index in [1.807, 2.05) is 0 Å². The molecule has 0 aliphatic rings. The Morgan fingerprint density at radius 2 is 2.07 bits per heavy atom. The van der Waals surface area contributed by atoms with Gasteiger partial charge in [0.05, 0.1) is 5.52 Å². The lowest BCUT2D eigenvalue weighted by atomic mass is 10.3. The third kappa shape index (κ3) is 1.69. The fourth-order valence-corrected chi connectivity index (χ4v) is 1.90. The maximum Gasteiger partial charge on any atom is 0.435 e. The lowest BCUT2D eigenvalue weighted by Crippen LogP contribution is -2.05. The van der Waals surface area contributed by atoms with Gasteiger partial charge in [-0.15, -0.1) is 0 Å². The molecule has 0 spiro atoms. The molecule has 2 heterocycles. The second-order valence-corrected chi connectivity index (χ2v) is 3.67. The summed E-state index contributed by atoms with van der Waals surface area (Å²) >= 11 is 1.19. The summed E-state index contributed by atoms with van der Waals surface area (Å²) in [5.41, 5.74) is -0.734. The van der Waals surface area contributed by atoms with Gasteiger partial charge in [-0.25, -0.2) is 4.98 Å². The Labute approximate surface area is 88.1 Å². The molecule has 2 aromatic heterocycles. The first-order chi connectivity index (χ1) is 7.04. The number of imidazole rings is 1. The summed E-state index contributed by atoms with van der Waals surface area (Å²) in [6.07, 6.45) is -1.13. The number of hydrogen-bond acceptors (Lipinski definition) is 2. The molecular weight excluding hydrogens is 225 g/mol. The predicted molar refractivity (Wildman–Crippen MR) is 52.0 cm³/mol. The Morgan fingerprint density at radius 1 is 1.33 bits per heavy atom. The van der Waals surface area contributed by atoms with E-state index in [0.717, 1.165) is 0 Å². The first kappa shape index (κ1) is 10.4. The molecule has 2 nitrogen and oxygen atoms in total. The quantitative estimate of drug-likeness (QED) is 0.703. The Bertz CT molecular complexity index is 490. The second kappa shape index (κ2) is 3.44. The van der Waals surface area contributed by atoms with Crippen molar-refractivity contribution in [1.29, 1.82) is 0 Å². The molecule has 0 fully saturated rings. The predicted octanol–water partition coefficient (Wildman–Crippen LogP) is 3.08. The van der Waals surface area contributed by atoms with Crippen molar-refractivity contribution >= 4 is 17.3 Å². The summed E-state index contributed by atoms with van der Waals surface area (Å²) in [6.45, 7) is 0. The maximum atomic E-state index is 12.6. The van der Waals surface area contributed by atoms with E-state index in [0.29, 0.717) is 5.16 Å². The molecule has 0 aromatic carbocycles. The molecule has 0 radical (unpaired) electrons. The molecule has 0 atom stereocenters. The van der Waals surface area contributed by atoms with Gasteiger partial charge in [0.1, 0.15) is 0 Å². The van der Waals surface area contributed by atoms with Crippen LogP contribution in [0, 0.1) is 0 Å². The van der Waals surface area contributed by atoms with E-state index in [9.17, 15) is 13.2 Å². The maximum absolute atomic E-state index is 12.6. The number of aromatic nitrogens is 2. The summed E-state index contributed by atoms with van der Waals surface area (Å²) in [7, 11) is 0. The largest absolute Gasteiger partial charge is 0.435 e. The van der Waals surface area contributed by atoms with Crippen LogP contribution in [0.5, 0.6) is 0 Å². The van der Waals surface area contributed by atoms with Gasteiger partial charge in [-0.3, -0.25) is 4.40 Å². The van der Waals surface area contributed by atoms with Crippen molar-refractivity contribution in [3.63, 3.8) is 0 Å². The minimum absolute atomic E-state index is 0.0920. The lowest BCUT2D eigenvalue weighted by molar-refractivity contribution is -0.139. The van der Waals surface area contributed by atoms with E-state index < -0.39 is 11.9 Å². The summed E-state index contributed by atoms with van der Waals surface area (Å²) in [5.74, 6) is 0. The standard InChI is InChI=1S/C9H7F3N2S/c1-15-8-13-7(9(10,11)12)6-4-2-3-5-14(6)8/h2-5H,1H3. The normalized spacial score (nSPS) is 12.3. The fraction of sp³-hybridized carbons (Fsp3) is 0.222. The molecule has 2 rings (SSSR count). The molecule has 2 aromatic rings. The van der Waals surface area contributed by atoms with E-state index in [4.69, 9.17) is 0 Å². The number of pyridine rings is 1. The molecule has 80 valence electrons. The molecule has 0 saturated carbocycles. The summed E-state index contributed by atoms with van der Waals surface area (Å²) in [6, 6.07) is 4.65. The average Bonchev–Trinajstić information content (AvgIpc) is 2.55. The van der Waals surface area contributed by atoms with Crippen LogP contribution in [0.4, 0.5) is 13.2 Å². The summed E-state index contributed by atoms with van der Waals surface area (Å²) in [5, 5.41) is 0.345. The van der Waals surface area contributed by atoms with Gasteiger partial charge in [0.15, 0.2) is 10.9 Å². The van der Waals surface area contributed by atoms with E-state index in [-0.39, 0.29) is 5.52 Å². The number of alkyl halides is 3. The number of rotatable bonds is 1. The Morgan fingerprint density at radius 3 is 2.67 bits per heavy atom. The molecule has 0 aliphatic heterocycles. The zero-order valence-corrected chi connectivity index (χ0v) is 8.56. The number of fused-ring (bicyclic) bond motifs is 1. The van der Waals surface area contributed by atoms with E-state index in [2.05, 4.69) is 4.98 Å². The molecular formula is C9H7F3N2S. The zero-order chi connectivity index (χ0) is 11.1. The van der Waals surface area contributed by atoms with Gasteiger partial charge in [0.25, 0.3) is 0 Å². The number of thioether (sulfide) groups is 1. The van der Waals surface area contributed by atoms with Crippen molar-refractivity contribution in [3.8, 4) is 0 Å². The SMILES string of the molecule is CSc1nc(C(F)(F)F)c2ccccn12.